The van der Waals surface area contributed by atoms with E-state index in [2.05, 4.69) is 23.2 Å². The van der Waals surface area contributed by atoms with Crippen molar-refractivity contribution in [3.63, 3.8) is 0 Å². The SMILES string of the molecule is CC(NC1CCN(CCS(C)(=O)=O)CC1)c1ccc(C#N)cc1. The van der Waals surface area contributed by atoms with Crippen molar-refractivity contribution in [2.45, 2.75) is 31.8 Å². The van der Waals surface area contributed by atoms with Gasteiger partial charge >= 0.3 is 0 Å². The van der Waals surface area contributed by atoms with Crippen LogP contribution in [0.2, 0.25) is 0 Å². The minimum absolute atomic E-state index is 0.243. The predicted molar refractivity (Wildman–Crippen MR) is 91.9 cm³/mol. The summed E-state index contributed by atoms with van der Waals surface area (Å²) >= 11 is 0. The molecule has 0 spiro atoms. The number of benzene rings is 1. The van der Waals surface area contributed by atoms with Crippen LogP contribution in [0, 0.1) is 11.3 Å². The summed E-state index contributed by atoms with van der Waals surface area (Å²) in [5.41, 5.74) is 1.86. The number of sulfone groups is 1. The largest absolute Gasteiger partial charge is 0.307 e. The number of likely N-dealkylation sites (tertiary alicyclic amines) is 1. The summed E-state index contributed by atoms with van der Waals surface area (Å²) in [6.07, 6.45) is 3.36. The first-order valence-electron chi connectivity index (χ1n) is 8.03. The van der Waals surface area contributed by atoms with Gasteiger partial charge in [0, 0.05) is 24.9 Å². The van der Waals surface area contributed by atoms with Crippen LogP contribution in [0.15, 0.2) is 24.3 Å². The van der Waals surface area contributed by atoms with Gasteiger partial charge in [0.25, 0.3) is 0 Å². The molecule has 1 aliphatic rings. The first kappa shape index (κ1) is 17.9. The lowest BCUT2D eigenvalue weighted by Gasteiger charge is -2.33. The minimum Gasteiger partial charge on any atom is -0.307 e. The molecule has 1 aliphatic heterocycles. The molecule has 6 heteroatoms. The van der Waals surface area contributed by atoms with Gasteiger partial charge in [0.2, 0.25) is 0 Å². The molecule has 5 nitrogen and oxygen atoms in total. The van der Waals surface area contributed by atoms with Crippen LogP contribution in [0.5, 0.6) is 0 Å². The zero-order chi connectivity index (χ0) is 16.9. The zero-order valence-corrected chi connectivity index (χ0v) is 14.6. The van der Waals surface area contributed by atoms with Crippen molar-refractivity contribution in [1.82, 2.24) is 10.2 Å². The van der Waals surface area contributed by atoms with Crippen molar-refractivity contribution in [3.8, 4) is 6.07 Å². The van der Waals surface area contributed by atoms with Gasteiger partial charge in [-0.3, -0.25) is 0 Å². The lowest BCUT2D eigenvalue weighted by Crippen LogP contribution is -2.44. The molecule has 0 radical (unpaired) electrons. The summed E-state index contributed by atoms with van der Waals surface area (Å²) in [5, 5.41) is 12.5. The molecule has 0 saturated carbocycles. The fraction of sp³-hybridized carbons (Fsp3) is 0.588. The predicted octanol–water partition coefficient (Wildman–Crippen LogP) is 1.72. The molecule has 1 aromatic carbocycles. The highest BCUT2D eigenvalue weighted by Crippen LogP contribution is 2.18. The topological polar surface area (TPSA) is 73.2 Å². The van der Waals surface area contributed by atoms with E-state index in [1.54, 1.807) is 0 Å². The van der Waals surface area contributed by atoms with Gasteiger partial charge in [-0.1, -0.05) is 12.1 Å². The van der Waals surface area contributed by atoms with E-state index in [9.17, 15) is 8.42 Å². The third-order valence-corrected chi connectivity index (χ3v) is 5.32. The summed E-state index contributed by atoms with van der Waals surface area (Å²) in [6.45, 7) is 4.65. The molecule has 0 bridgehead atoms. The Labute approximate surface area is 139 Å². The molecule has 1 atom stereocenters. The number of nitriles is 1. The first-order valence-corrected chi connectivity index (χ1v) is 10.1. The first-order chi connectivity index (χ1) is 10.9. The smallest absolute Gasteiger partial charge is 0.148 e. The van der Waals surface area contributed by atoms with Crippen LogP contribution in [0.4, 0.5) is 0 Å². The third kappa shape index (κ3) is 5.94. The third-order valence-electron chi connectivity index (χ3n) is 4.39. The van der Waals surface area contributed by atoms with Crippen LogP contribution in [-0.4, -0.2) is 51.0 Å². The van der Waals surface area contributed by atoms with E-state index in [4.69, 9.17) is 5.26 Å². The maximum atomic E-state index is 11.2. The standard InChI is InChI=1S/C17H25N3O2S/c1-14(16-5-3-15(13-18)4-6-16)19-17-7-9-20(10-8-17)11-12-23(2,21)22/h3-6,14,17,19H,7-12H2,1-2H3. The van der Waals surface area contributed by atoms with Gasteiger partial charge in [-0.15, -0.1) is 0 Å². The summed E-state index contributed by atoms with van der Waals surface area (Å²) in [6, 6.07) is 10.5. The molecular weight excluding hydrogens is 310 g/mol. The molecule has 1 aromatic rings. The molecule has 1 unspecified atom stereocenters. The van der Waals surface area contributed by atoms with Crippen LogP contribution < -0.4 is 5.32 Å². The molecule has 23 heavy (non-hydrogen) atoms. The molecule has 1 fully saturated rings. The van der Waals surface area contributed by atoms with Crippen molar-refractivity contribution in [2.24, 2.45) is 0 Å². The maximum Gasteiger partial charge on any atom is 0.148 e. The number of rotatable bonds is 6. The quantitative estimate of drug-likeness (QED) is 0.857. The Bertz CT molecular complexity index is 641. The number of hydrogen-bond donors (Lipinski definition) is 1. The summed E-state index contributed by atoms with van der Waals surface area (Å²) in [5.74, 6) is 0.243. The molecule has 2 rings (SSSR count). The maximum absolute atomic E-state index is 11.2. The van der Waals surface area contributed by atoms with Gasteiger partial charge in [-0.2, -0.15) is 5.26 Å². The highest BCUT2D eigenvalue weighted by atomic mass is 32.2. The minimum atomic E-state index is -2.88. The Hall–Kier alpha value is -1.42. The van der Waals surface area contributed by atoms with Crippen molar-refractivity contribution >= 4 is 9.84 Å². The van der Waals surface area contributed by atoms with Crippen LogP contribution in [-0.2, 0) is 9.84 Å². The highest BCUT2D eigenvalue weighted by molar-refractivity contribution is 7.90. The zero-order valence-electron chi connectivity index (χ0n) is 13.8. The van der Waals surface area contributed by atoms with E-state index in [0.717, 1.165) is 25.9 Å². The normalized spacial score (nSPS) is 18.5. The van der Waals surface area contributed by atoms with Crippen molar-refractivity contribution < 1.29 is 8.42 Å². The summed E-state index contributed by atoms with van der Waals surface area (Å²) in [7, 11) is -2.88. The monoisotopic (exact) mass is 335 g/mol. The van der Waals surface area contributed by atoms with Crippen molar-refractivity contribution in [2.75, 3.05) is 31.6 Å². The van der Waals surface area contributed by atoms with Crippen molar-refractivity contribution in [3.05, 3.63) is 35.4 Å². The Kier molecular flexibility index (Phi) is 6.17. The molecule has 0 aromatic heterocycles. The Morgan fingerprint density at radius 2 is 1.91 bits per heavy atom. The van der Waals surface area contributed by atoms with Crippen LogP contribution >= 0.6 is 0 Å². The fourth-order valence-corrected chi connectivity index (χ4v) is 3.50. The second-order valence-electron chi connectivity index (χ2n) is 6.37. The van der Waals surface area contributed by atoms with Gasteiger partial charge in [-0.05, 0) is 50.6 Å². The number of nitrogens with zero attached hydrogens (tertiary/aromatic N) is 2. The average Bonchev–Trinajstić information content (AvgIpc) is 2.53. The van der Waals surface area contributed by atoms with E-state index in [-0.39, 0.29) is 11.8 Å². The number of hydrogen-bond acceptors (Lipinski definition) is 5. The second-order valence-corrected chi connectivity index (χ2v) is 8.63. The number of piperidine rings is 1. The molecule has 0 amide bonds. The molecule has 1 heterocycles. The van der Waals surface area contributed by atoms with Crippen molar-refractivity contribution in [1.29, 1.82) is 5.26 Å². The number of nitrogens with one attached hydrogen (secondary N) is 1. The summed E-state index contributed by atoms with van der Waals surface area (Å²) in [4.78, 5) is 2.23. The van der Waals surface area contributed by atoms with E-state index < -0.39 is 9.84 Å². The Morgan fingerprint density at radius 1 is 1.30 bits per heavy atom. The van der Waals surface area contributed by atoms with E-state index in [0.29, 0.717) is 18.2 Å². The average molecular weight is 335 g/mol. The van der Waals surface area contributed by atoms with Gasteiger partial charge in [0.05, 0.1) is 17.4 Å². The second kappa shape index (κ2) is 7.91. The van der Waals surface area contributed by atoms with Gasteiger partial charge in [0.1, 0.15) is 9.84 Å². The van der Waals surface area contributed by atoms with Gasteiger partial charge in [-0.25, -0.2) is 8.42 Å². The van der Waals surface area contributed by atoms with E-state index in [1.165, 1.54) is 11.8 Å². The molecular formula is C17H25N3O2S. The Balaban J connectivity index is 1.78. The Morgan fingerprint density at radius 3 is 2.43 bits per heavy atom. The highest BCUT2D eigenvalue weighted by Gasteiger charge is 2.21. The molecule has 0 aliphatic carbocycles. The molecule has 1 saturated heterocycles. The van der Waals surface area contributed by atoms with E-state index in [1.807, 2.05) is 24.3 Å². The molecule has 126 valence electrons. The van der Waals surface area contributed by atoms with Crippen LogP contribution in [0.25, 0.3) is 0 Å². The van der Waals surface area contributed by atoms with Gasteiger partial charge in [0.15, 0.2) is 0 Å². The fourth-order valence-electron chi connectivity index (χ4n) is 2.91. The summed E-state index contributed by atoms with van der Waals surface area (Å²) < 4.78 is 22.5. The lowest BCUT2D eigenvalue weighted by atomic mass is 10.0. The molecule has 1 N–H and O–H groups in total. The van der Waals surface area contributed by atoms with Gasteiger partial charge < -0.3 is 10.2 Å². The van der Waals surface area contributed by atoms with E-state index >= 15 is 0 Å². The van der Waals surface area contributed by atoms with Crippen LogP contribution in [0.3, 0.4) is 0 Å². The van der Waals surface area contributed by atoms with Crippen LogP contribution in [0.1, 0.15) is 36.9 Å². The lowest BCUT2D eigenvalue weighted by molar-refractivity contribution is 0.201.